The Morgan fingerprint density at radius 2 is 1.57 bits per heavy atom. The fourth-order valence-electron chi connectivity index (χ4n) is 3.12. The summed E-state index contributed by atoms with van der Waals surface area (Å²) in [6.45, 7) is -0.341. The molecule has 0 aromatic rings. The fraction of sp³-hybridized carbons (Fsp3) is 0.857. The summed E-state index contributed by atoms with van der Waals surface area (Å²) >= 11 is 0. The Kier molecular flexibility index (Phi) is 5.11. The number of hydrogen-bond donors (Lipinski definition) is 1. The molecular formula is C14H21F3N2O2. The molecule has 1 saturated carbocycles. The molecule has 0 unspecified atom stereocenters. The van der Waals surface area contributed by atoms with Crippen molar-refractivity contribution in [2.24, 2.45) is 11.8 Å². The van der Waals surface area contributed by atoms with E-state index in [9.17, 15) is 22.8 Å². The van der Waals surface area contributed by atoms with Crippen molar-refractivity contribution in [3.05, 3.63) is 0 Å². The third kappa shape index (κ3) is 4.61. The van der Waals surface area contributed by atoms with E-state index in [2.05, 4.69) is 0 Å². The van der Waals surface area contributed by atoms with Crippen LogP contribution in [-0.4, -0.2) is 42.5 Å². The predicted octanol–water partition coefficient (Wildman–Crippen LogP) is 2.09. The third-order valence-corrected chi connectivity index (χ3v) is 4.34. The van der Waals surface area contributed by atoms with E-state index < -0.39 is 24.5 Å². The first kappa shape index (κ1) is 16.1. The Labute approximate surface area is 122 Å². The van der Waals surface area contributed by atoms with Crippen LogP contribution in [0.25, 0.3) is 0 Å². The van der Waals surface area contributed by atoms with Gasteiger partial charge in [-0.05, 0) is 25.7 Å². The molecule has 1 aliphatic heterocycles. The largest absolute Gasteiger partial charge is 0.405 e. The van der Waals surface area contributed by atoms with Crippen LogP contribution in [0.15, 0.2) is 0 Å². The summed E-state index contributed by atoms with van der Waals surface area (Å²) in [6.07, 6.45) is 0.564. The normalized spacial score (nSPS) is 21.6. The molecule has 2 rings (SSSR count). The van der Waals surface area contributed by atoms with Gasteiger partial charge < -0.3 is 10.2 Å². The number of alkyl halides is 3. The summed E-state index contributed by atoms with van der Waals surface area (Å²) in [5.74, 6) is -0.706. The van der Waals surface area contributed by atoms with Gasteiger partial charge in [0.05, 0.1) is 0 Å². The Bertz CT molecular complexity index is 384. The lowest BCUT2D eigenvalue weighted by Crippen LogP contribution is -2.46. The van der Waals surface area contributed by atoms with Gasteiger partial charge in [-0.2, -0.15) is 13.2 Å². The zero-order chi connectivity index (χ0) is 15.5. The molecule has 0 atom stereocenters. The first-order chi connectivity index (χ1) is 9.87. The van der Waals surface area contributed by atoms with Gasteiger partial charge in [0.2, 0.25) is 11.8 Å². The molecule has 2 amide bonds. The van der Waals surface area contributed by atoms with E-state index in [4.69, 9.17) is 0 Å². The molecule has 120 valence electrons. The Morgan fingerprint density at radius 3 is 2.10 bits per heavy atom. The molecule has 2 fully saturated rings. The van der Waals surface area contributed by atoms with Gasteiger partial charge in [0.1, 0.15) is 6.54 Å². The highest BCUT2D eigenvalue weighted by Crippen LogP contribution is 2.28. The highest BCUT2D eigenvalue weighted by Gasteiger charge is 2.33. The number of halogens is 3. The topological polar surface area (TPSA) is 49.4 Å². The van der Waals surface area contributed by atoms with Crippen molar-refractivity contribution in [2.45, 2.75) is 44.7 Å². The lowest BCUT2D eigenvalue weighted by atomic mass is 9.94. The van der Waals surface area contributed by atoms with Crippen LogP contribution in [-0.2, 0) is 9.59 Å². The number of nitrogens with one attached hydrogen (secondary N) is 1. The summed E-state index contributed by atoms with van der Waals surface area (Å²) in [5, 5.41) is 1.92. The smallest absolute Gasteiger partial charge is 0.347 e. The summed E-state index contributed by atoms with van der Waals surface area (Å²) in [4.78, 5) is 25.6. The molecule has 0 aromatic carbocycles. The van der Waals surface area contributed by atoms with E-state index in [0.717, 1.165) is 25.7 Å². The monoisotopic (exact) mass is 306 g/mol. The minimum Gasteiger partial charge on any atom is -0.347 e. The standard InChI is InChI=1S/C14H21F3N2O2/c15-14(16,17)9-18-12(20)10-5-7-19(8-6-10)13(21)11-3-1-2-4-11/h10-11H,1-9H2,(H,18,20). The zero-order valence-corrected chi connectivity index (χ0v) is 11.9. The molecule has 1 heterocycles. The number of carbonyl (C=O) groups excluding carboxylic acids is 2. The lowest BCUT2D eigenvalue weighted by molar-refractivity contribution is -0.143. The highest BCUT2D eigenvalue weighted by molar-refractivity contribution is 5.81. The Balaban J connectivity index is 1.74. The second-order valence-corrected chi connectivity index (χ2v) is 5.91. The number of likely N-dealkylation sites (tertiary alicyclic amines) is 1. The molecule has 1 saturated heterocycles. The van der Waals surface area contributed by atoms with Crippen molar-refractivity contribution in [2.75, 3.05) is 19.6 Å². The van der Waals surface area contributed by atoms with Gasteiger partial charge in [0, 0.05) is 24.9 Å². The van der Waals surface area contributed by atoms with E-state index in [1.54, 1.807) is 4.90 Å². The van der Waals surface area contributed by atoms with Gasteiger partial charge in [-0.3, -0.25) is 9.59 Å². The van der Waals surface area contributed by atoms with Crippen LogP contribution >= 0.6 is 0 Å². The SMILES string of the molecule is O=C(NCC(F)(F)F)C1CCN(C(=O)C2CCCC2)CC1. The van der Waals surface area contributed by atoms with Gasteiger partial charge >= 0.3 is 6.18 Å². The van der Waals surface area contributed by atoms with Crippen LogP contribution in [0.1, 0.15) is 38.5 Å². The highest BCUT2D eigenvalue weighted by atomic mass is 19.4. The van der Waals surface area contributed by atoms with Crippen molar-refractivity contribution in [1.29, 1.82) is 0 Å². The average molecular weight is 306 g/mol. The summed E-state index contributed by atoms with van der Waals surface area (Å²) in [5.41, 5.74) is 0. The van der Waals surface area contributed by atoms with E-state index >= 15 is 0 Å². The second-order valence-electron chi connectivity index (χ2n) is 5.91. The minimum atomic E-state index is -4.38. The van der Waals surface area contributed by atoms with E-state index in [1.165, 1.54) is 0 Å². The first-order valence-corrected chi connectivity index (χ1v) is 7.50. The van der Waals surface area contributed by atoms with Gasteiger partial charge in [0.15, 0.2) is 0 Å². The minimum absolute atomic E-state index is 0.112. The van der Waals surface area contributed by atoms with E-state index in [0.29, 0.717) is 25.9 Å². The van der Waals surface area contributed by atoms with Crippen molar-refractivity contribution in [1.82, 2.24) is 10.2 Å². The molecule has 1 N–H and O–H groups in total. The molecule has 21 heavy (non-hydrogen) atoms. The fourth-order valence-corrected chi connectivity index (χ4v) is 3.12. The predicted molar refractivity (Wildman–Crippen MR) is 70.3 cm³/mol. The summed E-state index contributed by atoms with van der Waals surface area (Å²) < 4.78 is 36.2. The number of nitrogens with zero attached hydrogens (tertiary/aromatic N) is 1. The molecule has 1 aliphatic carbocycles. The second kappa shape index (κ2) is 6.66. The van der Waals surface area contributed by atoms with Gasteiger partial charge in [-0.1, -0.05) is 12.8 Å². The van der Waals surface area contributed by atoms with Crippen molar-refractivity contribution < 1.29 is 22.8 Å². The van der Waals surface area contributed by atoms with Crippen molar-refractivity contribution in [3.63, 3.8) is 0 Å². The van der Waals surface area contributed by atoms with Crippen LogP contribution < -0.4 is 5.32 Å². The van der Waals surface area contributed by atoms with E-state index in [1.807, 2.05) is 5.32 Å². The first-order valence-electron chi connectivity index (χ1n) is 7.50. The molecule has 0 radical (unpaired) electrons. The molecular weight excluding hydrogens is 285 g/mol. The lowest BCUT2D eigenvalue weighted by Gasteiger charge is -2.33. The van der Waals surface area contributed by atoms with Gasteiger partial charge in [-0.15, -0.1) is 0 Å². The van der Waals surface area contributed by atoms with Crippen molar-refractivity contribution in [3.8, 4) is 0 Å². The van der Waals surface area contributed by atoms with Crippen LogP contribution in [0.3, 0.4) is 0 Å². The number of piperidine rings is 1. The maximum Gasteiger partial charge on any atom is 0.405 e. The molecule has 0 spiro atoms. The maximum absolute atomic E-state index is 12.2. The third-order valence-electron chi connectivity index (χ3n) is 4.34. The summed E-state index contributed by atoms with van der Waals surface area (Å²) in [7, 11) is 0. The number of carbonyl (C=O) groups is 2. The molecule has 0 aromatic heterocycles. The van der Waals surface area contributed by atoms with Crippen molar-refractivity contribution >= 4 is 11.8 Å². The number of hydrogen-bond acceptors (Lipinski definition) is 2. The Morgan fingerprint density at radius 1 is 1.00 bits per heavy atom. The average Bonchev–Trinajstić information content (AvgIpc) is 2.97. The molecule has 7 heteroatoms. The summed E-state index contributed by atoms with van der Waals surface area (Å²) in [6, 6.07) is 0. The van der Waals surface area contributed by atoms with Crippen LogP contribution in [0.2, 0.25) is 0 Å². The Hall–Kier alpha value is -1.27. The molecule has 0 bridgehead atoms. The molecule has 2 aliphatic rings. The van der Waals surface area contributed by atoms with E-state index in [-0.39, 0.29) is 11.8 Å². The maximum atomic E-state index is 12.2. The van der Waals surface area contributed by atoms with Crippen LogP contribution in [0.4, 0.5) is 13.2 Å². The van der Waals surface area contributed by atoms with Crippen LogP contribution in [0.5, 0.6) is 0 Å². The zero-order valence-electron chi connectivity index (χ0n) is 11.9. The molecule has 4 nitrogen and oxygen atoms in total. The number of rotatable bonds is 3. The van der Waals surface area contributed by atoms with Gasteiger partial charge in [0.25, 0.3) is 0 Å². The number of amides is 2. The quantitative estimate of drug-likeness (QED) is 0.868. The van der Waals surface area contributed by atoms with Gasteiger partial charge in [-0.25, -0.2) is 0 Å². The van der Waals surface area contributed by atoms with Crippen LogP contribution in [0, 0.1) is 11.8 Å².